The number of rotatable bonds is 4. The van der Waals surface area contributed by atoms with Crippen molar-refractivity contribution in [3.8, 4) is 5.75 Å². The fraction of sp³-hybridized carbons (Fsp3) is 0.292. The first-order chi connectivity index (χ1) is 14.5. The quantitative estimate of drug-likeness (QED) is 0.670. The lowest BCUT2D eigenvalue weighted by atomic mass is 10.1. The van der Waals surface area contributed by atoms with Crippen LogP contribution >= 0.6 is 0 Å². The molecule has 2 amide bonds. The number of aromatic nitrogens is 1. The predicted molar refractivity (Wildman–Crippen MR) is 115 cm³/mol. The molecule has 1 aliphatic rings. The summed E-state index contributed by atoms with van der Waals surface area (Å²) in [6.45, 7) is 5.25. The van der Waals surface area contributed by atoms with E-state index in [0.717, 1.165) is 10.8 Å². The Balaban J connectivity index is 1.39. The number of piperazine rings is 1. The summed E-state index contributed by atoms with van der Waals surface area (Å²) < 4.78 is 5.93. The van der Waals surface area contributed by atoms with Crippen LogP contribution in [-0.4, -0.2) is 58.4 Å². The third-order valence-electron chi connectivity index (χ3n) is 5.49. The van der Waals surface area contributed by atoms with Crippen molar-refractivity contribution < 1.29 is 14.3 Å². The number of hydrogen-bond acceptors (Lipinski definition) is 4. The van der Waals surface area contributed by atoms with E-state index >= 15 is 0 Å². The molecule has 4 rings (SSSR count). The number of benzene rings is 2. The lowest BCUT2D eigenvalue weighted by molar-refractivity contribution is -0.142. The summed E-state index contributed by atoms with van der Waals surface area (Å²) in [5.74, 6) is 0.575. The van der Waals surface area contributed by atoms with Crippen LogP contribution in [0.25, 0.3) is 10.8 Å². The number of carbonyl (C=O) groups excluding carboxylic acids is 2. The van der Waals surface area contributed by atoms with E-state index in [4.69, 9.17) is 4.74 Å². The summed E-state index contributed by atoms with van der Waals surface area (Å²) in [6, 6.07) is 16.8. The highest BCUT2D eigenvalue weighted by molar-refractivity contribution is 5.94. The molecule has 2 aromatic carbocycles. The second-order valence-electron chi connectivity index (χ2n) is 7.64. The average Bonchev–Trinajstić information content (AvgIpc) is 2.78. The third kappa shape index (κ3) is 4.13. The van der Waals surface area contributed by atoms with E-state index in [9.17, 15) is 9.59 Å². The highest BCUT2D eigenvalue weighted by Gasteiger charge is 2.32. The van der Waals surface area contributed by atoms with Gasteiger partial charge in [-0.2, -0.15) is 0 Å². The van der Waals surface area contributed by atoms with Gasteiger partial charge in [-0.1, -0.05) is 24.3 Å². The van der Waals surface area contributed by atoms with Crippen molar-refractivity contribution >= 4 is 22.6 Å². The summed E-state index contributed by atoms with van der Waals surface area (Å²) >= 11 is 0. The Hall–Kier alpha value is -3.41. The van der Waals surface area contributed by atoms with Gasteiger partial charge in [-0.15, -0.1) is 0 Å². The van der Waals surface area contributed by atoms with Gasteiger partial charge in [0, 0.05) is 49.0 Å². The highest BCUT2D eigenvalue weighted by Crippen LogP contribution is 2.22. The molecule has 6 heteroatoms. The molecular weight excluding hydrogens is 378 g/mol. The summed E-state index contributed by atoms with van der Waals surface area (Å²) in [5.41, 5.74) is 0.673. The van der Waals surface area contributed by atoms with E-state index in [1.807, 2.05) is 71.3 Å². The molecule has 2 atom stereocenters. The Bertz CT molecular complexity index is 1050. The number of fused-ring (bicyclic) bond motifs is 1. The molecule has 0 bridgehead atoms. The Morgan fingerprint density at radius 3 is 2.63 bits per heavy atom. The first kappa shape index (κ1) is 19.9. The molecule has 0 saturated carbocycles. The van der Waals surface area contributed by atoms with Crippen LogP contribution in [0.2, 0.25) is 0 Å². The van der Waals surface area contributed by atoms with Gasteiger partial charge in [0.15, 0.2) is 6.10 Å². The van der Waals surface area contributed by atoms with E-state index < -0.39 is 6.10 Å². The average molecular weight is 403 g/mol. The fourth-order valence-corrected chi connectivity index (χ4v) is 3.86. The van der Waals surface area contributed by atoms with Crippen molar-refractivity contribution in [3.63, 3.8) is 0 Å². The van der Waals surface area contributed by atoms with Crippen LogP contribution in [0, 0.1) is 0 Å². The topological polar surface area (TPSA) is 62.7 Å². The van der Waals surface area contributed by atoms with Crippen molar-refractivity contribution in [3.05, 3.63) is 72.6 Å². The summed E-state index contributed by atoms with van der Waals surface area (Å²) in [6.07, 6.45) is 2.91. The Labute approximate surface area is 176 Å². The van der Waals surface area contributed by atoms with Crippen molar-refractivity contribution in [2.24, 2.45) is 0 Å². The van der Waals surface area contributed by atoms with Crippen molar-refractivity contribution in [1.82, 2.24) is 14.8 Å². The first-order valence-corrected chi connectivity index (χ1v) is 10.2. The normalized spacial score (nSPS) is 17.6. The molecule has 154 valence electrons. The van der Waals surface area contributed by atoms with E-state index in [1.54, 1.807) is 19.3 Å². The highest BCUT2D eigenvalue weighted by atomic mass is 16.5. The van der Waals surface area contributed by atoms with Gasteiger partial charge < -0.3 is 14.5 Å². The zero-order valence-electron chi connectivity index (χ0n) is 17.2. The summed E-state index contributed by atoms with van der Waals surface area (Å²) in [4.78, 5) is 33.5. The second-order valence-corrected chi connectivity index (χ2v) is 7.64. The number of hydrogen-bond donors (Lipinski definition) is 0. The van der Waals surface area contributed by atoms with Crippen molar-refractivity contribution in [2.75, 3.05) is 19.6 Å². The zero-order valence-corrected chi connectivity index (χ0v) is 17.2. The van der Waals surface area contributed by atoms with Crippen LogP contribution in [0.5, 0.6) is 5.75 Å². The molecule has 0 spiro atoms. The molecule has 1 aliphatic heterocycles. The molecule has 30 heavy (non-hydrogen) atoms. The molecule has 0 aliphatic carbocycles. The van der Waals surface area contributed by atoms with E-state index in [-0.39, 0.29) is 17.9 Å². The van der Waals surface area contributed by atoms with Gasteiger partial charge in [-0.3, -0.25) is 14.6 Å². The van der Waals surface area contributed by atoms with Crippen molar-refractivity contribution in [1.29, 1.82) is 0 Å². The molecule has 6 nitrogen and oxygen atoms in total. The van der Waals surface area contributed by atoms with Crippen LogP contribution in [0.4, 0.5) is 0 Å². The molecule has 1 saturated heterocycles. The van der Waals surface area contributed by atoms with Gasteiger partial charge in [-0.05, 0) is 49.6 Å². The third-order valence-corrected chi connectivity index (χ3v) is 5.49. The standard InChI is InChI=1S/C24H25N3O3/c1-17-16-26(24(29)20-6-4-3-5-7-20)12-13-27(17)23(28)18(2)30-22-9-8-19-10-11-25-15-21(19)14-22/h3-11,14-15,17-18H,12-13,16H2,1-2H3/t17-,18?/m1/s1. The second kappa shape index (κ2) is 8.53. The minimum absolute atomic E-state index is 0.00335. The van der Waals surface area contributed by atoms with Gasteiger partial charge in [-0.25, -0.2) is 0 Å². The van der Waals surface area contributed by atoms with Gasteiger partial charge in [0.1, 0.15) is 5.75 Å². The van der Waals surface area contributed by atoms with E-state index in [1.165, 1.54) is 0 Å². The molecular formula is C24H25N3O3. The minimum atomic E-state index is -0.613. The van der Waals surface area contributed by atoms with E-state index in [0.29, 0.717) is 30.9 Å². The zero-order chi connectivity index (χ0) is 21.1. The summed E-state index contributed by atoms with van der Waals surface area (Å²) in [7, 11) is 0. The monoisotopic (exact) mass is 403 g/mol. The van der Waals surface area contributed by atoms with E-state index in [2.05, 4.69) is 4.98 Å². The van der Waals surface area contributed by atoms with Crippen LogP contribution in [0.15, 0.2) is 67.0 Å². The Kier molecular flexibility index (Phi) is 5.65. The SMILES string of the molecule is CC(Oc1ccc2ccncc2c1)C(=O)N1CCN(C(=O)c2ccccc2)C[C@H]1C. The Morgan fingerprint density at radius 1 is 1.07 bits per heavy atom. The number of ether oxygens (including phenoxy) is 1. The number of pyridine rings is 1. The maximum absolute atomic E-state index is 13.0. The number of nitrogens with zero attached hydrogens (tertiary/aromatic N) is 3. The smallest absolute Gasteiger partial charge is 0.263 e. The van der Waals surface area contributed by atoms with Crippen LogP contribution in [0.3, 0.4) is 0 Å². The number of amides is 2. The van der Waals surface area contributed by atoms with Gasteiger partial charge >= 0.3 is 0 Å². The molecule has 0 radical (unpaired) electrons. The molecule has 3 aromatic rings. The molecule has 1 unspecified atom stereocenters. The maximum atomic E-state index is 13.0. The van der Waals surface area contributed by atoms with Crippen LogP contribution in [0.1, 0.15) is 24.2 Å². The lowest BCUT2D eigenvalue weighted by Crippen LogP contribution is -2.57. The number of carbonyl (C=O) groups is 2. The largest absolute Gasteiger partial charge is 0.481 e. The lowest BCUT2D eigenvalue weighted by Gasteiger charge is -2.40. The molecule has 0 N–H and O–H groups in total. The maximum Gasteiger partial charge on any atom is 0.263 e. The minimum Gasteiger partial charge on any atom is -0.481 e. The summed E-state index contributed by atoms with van der Waals surface area (Å²) in [5, 5.41) is 2.04. The van der Waals surface area contributed by atoms with Gasteiger partial charge in [0.2, 0.25) is 0 Å². The first-order valence-electron chi connectivity index (χ1n) is 10.2. The van der Waals surface area contributed by atoms with Gasteiger partial charge in [0.25, 0.3) is 11.8 Å². The Morgan fingerprint density at radius 2 is 1.87 bits per heavy atom. The van der Waals surface area contributed by atoms with Crippen LogP contribution < -0.4 is 4.74 Å². The fourth-order valence-electron chi connectivity index (χ4n) is 3.86. The predicted octanol–water partition coefficient (Wildman–Crippen LogP) is 3.38. The van der Waals surface area contributed by atoms with Crippen LogP contribution in [-0.2, 0) is 4.79 Å². The van der Waals surface area contributed by atoms with Gasteiger partial charge in [0.05, 0.1) is 0 Å². The molecule has 2 heterocycles. The molecule has 1 fully saturated rings. The molecule has 1 aromatic heterocycles. The van der Waals surface area contributed by atoms with Crippen molar-refractivity contribution in [2.45, 2.75) is 26.0 Å².